The topological polar surface area (TPSA) is 125 Å². The van der Waals surface area contributed by atoms with Crippen LogP contribution in [0.5, 0.6) is 0 Å². The van der Waals surface area contributed by atoms with Crippen LogP contribution in [0.4, 0.5) is 17.1 Å². The van der Waals surface area contributed by atoms with E-state index in [2.05, 4.69) is 10.6 Å². The number of nitrogens with zero attached hydrogens (tertiary/aromatic N) is 2. The van der Waals surface area contributed by atoms with Gasteiger partial charge in [0.05, 0.1) is 15.6 Å². The SMILES string of the molecule is N#C/C(=C\c1ccc(SCC(=O)Nc2ccc3ccccc3c2)c([N+](=O)[O-])c1)C(=O)Nc1ccc(Cl)cc1. The second-order valence-corrected chi connectivity index (χ2v) is 9.47. The number of thioether (sulfide) groups is 1. The van der Waals surface area contributed by atoms with Gasteiger partial charge < -0.3 is 10.6 Å². The fraction of sp³-hybridized carbons (Fsp3) is 0.0357. The third kappa shape index (κ3) is 6.76. The summed E-state index contributed by atoms with van der Waals surface area (Å²) in [6.45, 7) is 0. The van der Waals surface area contributed by atoms with Gasteiger partial charge in [-0.15, -0.1) is 11.8 Å². The molecule has 188 valence electrons. The number of rotatable bonds is 8. The average Bonchev–Trinajstić information content (AvgIpc) is 2.92. The molecule has 0 unspecified atom stereocenters. The lowest BCUT2D eigenvalue weighted by Crippen LogP contribution is -2.14. The number of carbonyl (C=O) groups excluding carboxylic acids is 2. The molecule has 4 rings (SSSR count). The predicted octanol–water partition coefficient (Wildman–Crippen LogP) is 6.68. The van der Waals surface area contributed by atoms with E-state index in [0.717, 1.165) is 22.5 Å². The number of hydrogen-bond donors (Lipinski definition) is 2. The molecule has 2 amide bonds. The lowest BCUT2D eigenvalue weighted by molar-refractivity contribution is -0.387. The highest BCUT2D eigenvalue weighted by Gasteiger charge is 2.17. The van der Waals surface area contributed by atoms with Crippen LogP contribution in [0.15, 0.2) is 95.4 Å². The minimum absolute atomic E-state index is 0.0458. The summed E-state index contributed by atoms with van der Waals surface area (Å²) in [5.74, 6) is -1.02. The summed E-state index contributed by atoms with van der Waals surface area (Å²) in [4.78, 5) is 36.4. The highest BCUT2D eigenvalue weighted by molar-refractivity contribution is 8.00. The van der Waals surface area contributed by atoms with Gasteiger partial charge in [-0.1, -0.05) is 48.0 Å². The van der Waals surface area contributed by atoms with E-state index in [0.29, 0.717) is 22.0 Å². The summed E-state index contributed by atoms with van der Waals surface area (Å²) in [6.07, 6.45) is 1.26. The van der Waals surface area contributed by atoms with E-state index in [1.54, 1.807) is 36.4 Å². The number of nitriles is 1. The molecule has 8 nitrogen and oxygen atoms in total. The summed E-state index contributed by atoms with van der Waals surface area (Å²) < 4.78 is 0. The summed E-state index contributed by atoms with van der Waals surface area (Å²) in [5.41, 5.74) is 0.900. The van der Waals surface area contributed by atoms with Gasteiger partial charge in [-0.2, -0.15) is 5.26 Å². The largest absolute Gasteiger partial charge is 0.325 e. The average molecular weight is 543 g/mol. The molecule has 38 heavy (non-hydrogen) atoms. The number of nitrogens with one attached hydrogen (secondary N) is 2. The molecule has 4 aromatic carbocycles. The number of anilines is 2. The van der Waals surface area contributed by atoms with Crippen molar-refractivity contribution in [2.75, 3.05) is 16.4 Å². The van der Waals surface area contributed by atoms with Crippen molar-refractivity contribution in [2.24, 2.45) is 0 Å². The quantitative estimate of drug-likeness (QED) is 0.0841. The molecule has 0 saturated heterocycles. The van der Waals surface area contributed by atoms with Gasteiger partial charge in [0.1, 0.15) is 11.6 Å². The van der Waals surface area contributed by atoms with Crippen molar-refractivity contribution < 1.29 is 14.5 Å². The van der Waals surface area contributed by atoms with Crippen LogP contribution in [-0.2, 0) is 9.59 Å². The molecule has 0 fully saturated rings. The number of amides is 2. The number of carbonyl (C=O) groups is 2. The summed E-state index contributed by atoms with van der Waals surface area (Å²) in [5, 5.41) is 29.1. The molecule has 0 spiro atoms. The minimum Gasteiger partial charge on any atom is -0.325 e. The van der Waals surface area contributed by atoms with Crippen LogP contribution < -0.4 is 10.6 Å². The Morgan fingerprint density at radius 2 is 1.66 bits per heavy atom. The second kappa shape index (κ2) is 12.1. The molecule has 0 atom stereocenters. The lowest BCUT2D eigenvalue weighted by Gasteiger charge is -2.08. The van der Waals surface area contributed by atoms with E-state index < -0.39 is 10.8 Å². The maximum Gasteiger partial charge on any atom is 0.283 e. The lowest BCUT2D eigenvalue weighted by atomic mass is 10.1. The third-order valence-electron chi connectivity index (χ3n) is 5.35. The number of nitro benzene ring substituents is 1. The minimum atomic E-state index is -0.665. The van der Waals surface area contributed by atoms with Gasteiger partial charge in [-0.3, -0.25) is 19.7 Å². The zero-order chi connectivity index (χ0) is 27.1. The first-order chi connectivity index (χ1) is 18.3. The van der Waals surface area contributed by atoms with Crippen LogP contribution >= 0.6 is 23.4 Å². The summed E-state index contributed by atoms with van der Waals surface area (Å²) >= 11 is 6.86. The van der Waals surface area contributed by atoms with Gasteiger partial charge >= 0.3 is 0 Å². The molecule has 0 heterocycles. The molecule has 4 aromatic rings. The Hall–Kier alpha value is -4.65. The molecule has 0 aliphatic rings. The van der Waals surface area contributed by atoms with Crippen molar-refractivity contribution in [1.29, 1.82) is 5.26 Å². The van der Waals surface area contributed by atoms with E-state index in [1.807, 2.05) is 42.5 Å². The van der Waals surface area contributed by atoms with Crippen molar-refractivity contribution in [3.05, 3.63) is 111 Å². The van der Waals surface area contributed by atoms with E-state index >= 15 is 0 Å². The second-order valence-electron chi connectivity index (χ2n) is 8.01. The van der Waals surface area contributed by atoms with Crippen LogP contribution in [0.1, 0.15) is 5.56 Å². The Bertz CT molecular complexity index is 1610. The number of benzene rings is 4. The molecular weight excluding hydrogens is 524 g/mol. The first kappa shape index (κ1) is 26.4. The Labute approximate surface area is 227 Å². The van der Waals surface area contributed by atoms with Crippen molar-refractivity contribution in [2.45, 2.75) is 4.90 Å². The van der Waals surface area contributed by atoms with Crippen molar-refractivity contribution in [3.63, 3.8) is 0 Å². The van der Waals surface area contributed by atoms with Gasteiger partial charge in [0, 0.05) is 22.5 Å². The van der Waals surface area contributed by atoms with Gasteiger partial charge in [0.25, 0.3) is 11.6 Å². The fourth-order valence-corrected chi connectivity index (χ4v) is 4.47. The highest BCUT2D eigenvalue weighted by Crippen LogP contribution is 2.31. The molecular formula is C28H19ClN4O4S. The van der Waals surface area contributed by atoms with Gasteiger partial charge in [0.2, 0.25) is 5.91 Å². The Morgan fingerprint density at radius 1 is 0.947 bits per heavy atom. The van der Waals surface area contributed by atoms with Crippen molar-refractivity contribution in [3.8, 4) is 6.07 Å². The molecule has 0 aliphatic heterocycles. The Kier molecular flexibility index (Phi) is 8.38. The number of hydrogen-bond acceptors (Lipinski definition) is 6. The first-order valence-corrected chi connectivity index (χ1v) is 12.6. The number of fused-ring (bicyclic) bond motifs is 1. The Morgan fingerprint density at radius 3 is 2.37 bits per heavy atom. The van der Waals surface area contributed by atoms with Crippen LogP contribution in [0.3, 0.4) is 0 Å². The summed E-state index contributed by atoms with van der Waals surface area (Å²) in [7, 11) is 0. The van der Waals surface area contributed by atoms with Gasteiger partial charge in [0.15, 0.2) is 0 Å². The van der Waals surface area contributed by atoms with Crippen molar-refractivity contribution >= 4 is 69.1 Å². The van der Waals surface area contributed by atoms with Gasteiger partial charge in [-0.25, -0.2) is 0 Å². The smallest absolute Gasteiger partial charge is 0.283 e. The third-order valence-corrected chi connectivity index (χ3v) is 6.66. The summed E-state index contributed by atoms with van der Waals surface area (Å²) in [6, 6.07) is 25.8. The van der Waals surface area contributed by atoms with E-state index in [-0.39, 0.29) is 27.8 Å². The molecule has 2 N–H and O–H groups in total. The van der Waals surface area contributed by atoms with E-state index in [4.69, 9.17) is 11.6 Å². The number of halogens is 1. The highest BCUT2D eigenvalue weighted by atomic mass is 35.5. The predicted molar refractivity (Wildman–Crippen MR) is 150 cm³/mol. The van der Waals surface area contributed by atoms with Crippen molar-refractivity contribution in [1.82, 2.24) is 0 Å². The molecule has 0 bridgehead atoms. The van der Waals surface area contributed by atoms with Crippen LogP contribution in [0, 0.1) is 21.4 Å². The first-order valence-electron chi connectivity index (χ1n) is 11.2. The van der Waals surface area contributed by atoms with Crippen LogP contribution in [0.2, 0.25) is 5.02 Å². The molecule has 0 radical (unpaired) electrons. The van der Waals surface area contributed by atoms with Crippen LogP contribution in [0.25, 0.3) is 16.8 Å². The standard InChI is InChI=1S/C28H19ClN4O4S/c29-22-7-10-23(11-8-22)32-28(35)21(16-30)13-18-5-12-26(25(14-18)33(36)37)38-17-27(34)31-24-9-6-19-3-1-2-4-20(19)15-24/h1-15H,17H2,(H,31,34)(H,32,35)/b21-13+. The van der Waals surface area contributed by atoms with Crippen LogP contribution in [-0.4, -0.2) is 22.5 Å². The molecule has 0 saturated carbocycles. The zero-order valence-corrected chi connectivity index (χ0v) is 21.3. The zero-order valence-electron chi connectivity index (χ0n) is 19.7. The molecule has 10 heteroatoms. The van der Waals surface area contributed by atoms with E-state index in [9.17, 15) is 25.0 Å². The van der Waals surface area contributed by atoms with Gasteiger partial charge in [-0.05, 0) is 64.9 Å². The fourth-order valence-electron chi connectivity index (χ4n) is 3.54. The van der Waals surface area contributed by atoms with E-state index in [1.165, 1.54) is 18.2 Å². The maximum absolute atomic E-state index is 12.5. The Balaban J connectivity index is 1.44. The monoisotopic (exact) mass is 542 g/mol. The normalized spacial score (nSPS) is 11.0. The molecule has 0 aromatic heterocycles. The maximum atomic E-state index is 12.5. The molecule has 0 aliphatic carbocycles. The number of nitro groups is 1.